The van der Waals surface area contributed by atoms with Crippen molar-refractivity contribution in [1.29, 1.82) is 0 Å². The molecule has 0 spiro atoms. The number of rotatable bonds is 5. The fourth-order valence-corrected chi connectivity index (χ4v) is 1.61. The van der Waals surface area contributed by atoms with E-state index < -0.39 is 0 Å². The molecular weight excluding hydrogens is 228 g/mol. The number of hydrogen-bond acceptors (Lipinski definition) is 5. The van der Waals surface area contributed by atoms with E-state index in [9.17, 15) is 0 Å². The van der Waals surface area contributed by atoms with Gasteiger partial charge >= 0.3 is 0 Å². The van der Waals surface area contributed by atoms with E-state index in [2.05, 4.69) is 20.3 Å². The summed E-state index contributed by atoms with van der Waals surface area (Å²) in [5.74, 6) is 1.55. The Labute approximate surface area is 106 Å². The zero-order valence-electron chi connectivity index (χ0n) is 10.6. The van der Waals surface area contributed by atoms with Gasteiger partial charge in [-0.15, -0.1) is 0 Å². The molecular formula is C13H16N4O. The molecule has 0 unspecified atom stereocenters. The van der Waals surface area contributed by atoms with Crippen molar-refractivity contribution in [2.45, 2.75) is 6.92 Å². The summed E-state index contributed by atoms with van der Waals surface area (Å²) in [7, 11) is 1.68. The molecule has 0 aliphatic heterocycles. The molecule has 0 aromatic carbocycles. The van der Waals surface area contributed by atoms with Gasteiger partial charge in [0.2, 0.25) is 0 Å². The highest BCUT2D eigenvalue weighted by Crippen LogP contribution is 2.18. The number of nitrogens with zero attached hydrogens (tertiary/aromatic N) is 3. The van der Waals surface area contributed by atoms with Crippen molar-refractivity contribution < 1.29 is 4.74 Å². The lowest BCUT2D eigenvalue weighted by Crippen LogP contribution is -2.09. The van der Waals surface area contributed by atoms with E-state index in [0.717, 1.165) is 29.4 Å². The Morgan fingerprint density at radius 3 is 2.72 bits per heavy atom. The predicted molar refractivity (Wildman–Crippen MR) is 70.4 cm³/mol. The third kappa shape index (κ3) is 3.24. The van der Waals surface area contributed by atoms with Crippen LogP contribution in [0.1, 0.15) is 5.82 Å². The molecule has 0 radical (unpaired) electrons. The van der Waals surface area contributed by atoms with Crippen LogP contribution < -0.4 is 5.32 Å². The Balaban J connectivity index is 2.21. The van der Waals surface area contributed by atoms with E-state index >= 15 is 0 Å². The van der Waals surface area contributed by atoms with Crippen LogP contribution in [0.15, 0.2) is 30.6 Å². The summed E-state index contributed by atoms with van der Waals surface area (Å²) in [4.78, 5) is 12.8. The Morgan fingerprint density at radius 1 is 1.22 bits per heavy atom. The van der Waals surface area contributed by atoms with Crippen LogP contribution in [0.25, 0.3) is 11.3 Å². The van der Waals surface area contributed by atoms with E-state index in [4.69, 9.17) is 4.74 Å². The second-order valence-electron chi connectivity index (χ2n) is 3.84. The van der Waals surface area contributed by atoms with Gasteiger partial charge in [-0.2, -0.15) is 0 Å². The van der Waals surface area contributed by atoms with Crippen molar-refractivity contribution in [2.24, 2.45) is 0 Å². The number of anilines is 1. The van der Waals surface area contributed by atoms with E-state index in [0.29, 0.717) is 6.61 Å². The van der Waals surface area contributed by atoms with E-state index in [1.807, 2.05) is 25.1 Å². The second kappa shape index (κ2) is 6.07. The molecule has 0 amide bonds. The summed E-state index contributed by atoms with van der Waals surface area (Å²) < 4.78 is 4.99. The quantitative estimate of drug-likeness (QED) is 0.814. The maximum Gasteiger partial charge on any atom is 0.130 e. The van der Waals surface area contributed by atoms with Crippen LogP contribution >= 0.6 is 0 Å². The molecule has 5 heteroatoms. The molecule has 0 saturated heterocycles. The monoisotopic (exact) mass is 244 g/mol. The minimum Gasteiger partial charge on any atom is -0.383 e. The number of methoxy groups -OCH3 is 1. The Hall–Kier alpha value is -2.01. The maximum atomic E-state index is 4.99. The largest absolute Gasteiger partial charge is 0.383 e. The summed E-state index contributed by atoms with van der Waals surface area (Å²) in [5.41, 5.74) is 1.93. The molecule has 0 atom stereocenters. The number of hydrogen-bond donors (Lipinski definition) is 1. The summed E-state index contributed by atoms with van der Waals surface area (Å²) in [6.07, 6.45) is 3.51. The topological polar surface area (TPSA) is 59.9 Å². The predicted octanol–water partition coefficient (Wildman–Crippen LogP) is 1.91. The lowest BCUT2D eigenvalue weighted by molar-refractivity contribution is 0.210. The van der Waals surface area contributed by atoms with Gasteiger partial charge in [0.1, 0.15) is 11.6 Å². The number of ether oxygens (including phenoxy) is 1. The molecule has 1 N–H and O–H groups in total. The van der Waals surface area contributed by atoms with Gasteiger partial charge in [0.15, 0.2) is 0 Å². The molecule has 5 nitrogen and oxygen atoms in total. The van der Waals surface area contributed by atoms with Crippen LogP contribution in [0.3, 0.4) is 0 Å². The van der Waals surface area contributed by atoms with Gasteiger partial charge in [-0.3, -0.25) is 4.98 Å². The van der Waals surface area contributed by atoms with E-state index in [1.54, 1.807) is 19.5 Å². The number of pyridine rings is 1. The highest BCUT2D eigenvalue weighted by Gasteiger charge is 2.03. The SMILES string of the molecule is COCCNc1cc(-c2ccncc2)nc(C)n1. The van der Waals surface area contributed by atoms with Crippen molar-refractivity contribution in [1.82, 2.24) is 15.0 Å². The third-order valence-corrected chi connectivity index (χ3v) is 2.43. The summed E-state index contributed by atoms with van der Waals surface area (Å²) in [5, 5.41) is 3.20. The zero-order valence-corrected chi connectivity index (χ0v) is 10.6. The minimum atomic E-state index is 0.646. The molecule has 18 heavy (non-hydrogen) atoms. The molecule has 0 aliphatic rings. The van der Waals surface area contributed by atoms with Crippen LogP contribution in [0, 0.1) is 6.92 Å². The van der Waals surface area contributed by atoms with Gasteiger partial charge in [-0.05, 0) is 19.1 Å². The lowest BCUT2D eigenvalue weighted by atomic mass is 10.2. The molecule has 0 fully saturated rings. The first-order valence-corrected chi connectivity index (χ1v) is 5.78. The van der Waals surface area contributed by atoms with Crippen molar-refractivity contribution in [3.8, 4) is 11.3 Å². The van der Waals surface area contributed by atoms with Gasteiger partial charge in [0.25, 0.3) is 0 Å². The fourth-order valence-electron chi connectivity index (χ4n) is 1.61. The maximum absolute atomic E-state index is 4.99. The Bertz CT molecular complexity index is 502. The van der Waals surface area contributed by atoms with E-state index in [1.165, 1.54) is 0 Å². The average molecular weight is 244 g/mol. The molecule has 2 rings (SSSR count). The minimum absolute atomic E-state index is 0.646. The third-order valence-electron chi connectivity index (χ3n) is 2.43. The number of aryl methyl sites for hydroxylation is 1. The first-order chi connectivity index (χ1) is 8.79. The molecule has 2 aromatic heterocycles. The van der Waals surface area contributed by atoms with Crippen molar-refractivity contribution in [3.05, 3.63) is 36.4 Å². The second-order valence-corrected chi connectivity index (χ2v) is 3.84. The Kier molecular flexibility index (Phi) is 4.20. The first kappa shape index (κ1) is 12.4. The summed E-state index contributed by atoms with van der Waals surface area (Å²) in [6, 6.07) is 5.79. The molecule has 94 valence electrons. The number of aromatic nitrogens is 3. The smallest absolute Gasteiger partial charge is 0.130 e. The van der Waals surface area contributed by atoms with Crippen LogP contribution in [0.4, 0.5) is 5.82 Å². The van der Waals surface area contributed by atoms with E-state index in [-0.39, 0.29) is 0 Å². The van der Waals surface area contributed by atoms with Crippen LogP contribution in [0.5, 0.6) is 0 Å². The highest BCUT2D eigenvalue weighted by molar-refractivity contribution is 5.61. The van der Waals surface area contributed by atoms with Crippen LogP contribution in [0.2, 0.25) is 0 Å². The van der Waals surface area contributed by atoms with Gasteiger partial charge in [0.05, 0.1) is 12.3 Å². The number of nitrogens with one attached hydrogen (secondary N) is 1. The lowest BCUT2D eigenvalue weighted by Gasteiger charge is -2.08. The van der Waals surface area contributed by atoms with Crippen molar-refractivity contribution >= 4 is 5.82 Å². The molecule has 0 bridgehead atoms. The van der Waals surface area contributed by atoms with Crippen LogP contribution in [-0.4, -0.2) is 35.2 Å². The van der Waals surface area contributed by atoms with Crippen LogP contribution in [-0.2, 0) is 4.74 Å². The summed E-state index contributed by atoms with van der Waals surface area (Å²) in [6.45, 7) is 3.25. The molecule has 0 aliphatic carbocycles. The Morgan fingerprint density at radius 2 is 2.00 bits per heavy atom. The molecule has 2 heterocycles. The van der Waals surface area contributed by atoms with Gasteiger partial charge < -0.3 is 10.1 Å². The average Bonchev–Trinajstić information content (AvgIpc) is 2.39. The zero-order chi connectivity index (χ0) is 12.8. The van der Waals surface area contributed by atoms with Gasteiger partial charge in [0, 0.05) is 37.7 Å². The summed E-state index contributed by atoms with van der Waals surface area (Å²) >= 11 is 0. The normalized spacial score (nSPS) is 10.3. The highest BCUT2D eigenvalue weighted by atomic mass is 16.5. The van der Waals surface area contributed by atoms with Crippen molar-refractivity contribution in [2.75, 3.05) is 25.6 Å². The van der Waals surface area contributed by atoms with Crippen molar-refractivity contribution in [3.63, 3.8) is 0 Å². The van der Waals surface area contributed by atoms with Gasteiger partial charge in [-0.1, -0.05) is 0 Å². The fraction of sp³-hybridized carbons (Fsp3) is 0.308. The molecule has 0 saturated carbocycles. The first-order valence-electron chi connectivity index (χ1n) is 5.78. The molecule has 2 aromatic rings. The van der Waals surface area contributed by atoms with Gasteiger partial charge in [-0.25, -0.2) is 9.97 Å². The standard InChI is InChI=1S/C13H16N4O/c1-10-16-12(11-3-5-14-6-4-11)9-13(17-10)15-7-8-18-2/h3-6,9H,7-8H2,1-2H3,(H,15,16,17).